The van der Waals surface area contributed by atoms with Crippen molar-refractivity contribution in [1.82, 2.24) is 0 Å². The molecular weight excluding hydrogens is 390 g/mol. The molecule has 0 fully saturated rings. The van der Waals surface area contributed by atoms with Gasteiger partial charge in [-0.15, -0.1) is 0 Å². The van der Waals surface area contributed by atoms with Gasteiger partial charge in [0.25, 0.3) is 0 Å². The molecule has 2 rings (SSSR count). The van der Waals surface area contributed by atoms with Gasteiger partial charge in [-0.25, -0.2) is 0 Å². The Labute approximate surface area is 161 Å². The van der Waals surface area contributed by atoms with Crippen LogP contribution in [0.4, 0.5) is 0 Å². The maximum atomic E-state index is 11.2. The molecule has 0 saturated heterocycles. The fourth-order valence-electron chi connectivity index (χ4n) is 1.81. The monoisotopic (exact) mass is 404 g/mol. The molecule has 2 aromatic carbocycles. The smallest absolute Gasteiger partial charge is 0.164 e. The summed E-state index contributed by atoms with van der Waals surface area (Å²) in [5, 5.41) is 1.95. The first-order valence-corrected chi connectivity index (χ1v) is 8.77. The first-order chi connectivity index (χ1) is 11.3. The van der Waals surface area contributed by atoms with Crippen molar-refractivity contribution in [2.45, 2.75) is 26.7 Å². The SMILES string of the molecule is CCC(=O)c1ccc(Cl)cc1Cl.CCC(=O)c1ccc(Cl)cc1Cl. The fraction of sp³-hybridized carbons (Fsp3) is 0.222. The summed E-state index contributed by atoms with van der Waals surface area (Å²) in [7, 11) is 0. The van der Waals surface area contributed by atoms with Crippen LogP contribution in [0.2, 0.25) is 20.1 Å². The second kappa shape index (κ2) is 10.0. The van der Waals surface area contributed by atoms with E-state index in [4.69, 9.17) is 46.4 Å². The second-order valence-electron chi connectivity index (χ2n) is 4.80. The van der Waals surface area contributed by atoms with Crippen LogP contribution in [0, 0.1) is 0 Å². The van der Waals surface area contributed by atoms with E-state index in [0.717, 1.165) is 0 Å². The van der Waals surface area contributed by atoms with Crippen molar-refractivity contribution in [3.8, 4) is 0 Å². The zero-order valence-corrected chi connectivity index (χ0v) is 16.2. The number of carbonyl (C=O) groups is 2. The van der Waals surface area contributed by atoms with Crippen molar-refractivity contribution < 1.29 is 9.59 Å². The van der Waals surface area contributed by atoms with Crippen molar-refractivity contribution in [2.75, 3.05) is 0 Å². The number of ketones is 2. The molecule has 24 heavy (non-hydrogen) atoms. The molecule has 0 aliphatic heterocycles. The predicted molar refractivity (Wildman–Crippen MR) is 102 cm³/mol. The zero-order valence-electron chi connectivity index (χ0n) is 13.2. The molecule has 0 amide bonds. The van der Waals surface area contributed by atoms with Crippen LogP contribution in [0.15, 0.2) is 36.4 Å². The maximum Gasteiger partial charge on any atom is 0.164 e. The predicted octanol–water partition coefficient (Wildman–Crippen LogP) is 7.17. The first-order valence-electron chi connectivity index (χ1n) is 7.26. The second-order valence-corrected chi connectivity index (χ2v) is 6.49. The number of rotatable bonds is 4. The third-order valence-corrected chi connectivity index (χ3v) is 4.20. The van der Waals surface area contributed by atoms with E-state index in [0.29, 0.717) is 44.1 Å². The minimum atomic E-state index is 0.0386. The molecule has 128 valence electrons. The summed E-state index contributed by atoms with van der Waals surface area (Å²) >= 11 is 22.9. The molecule has 0 aliphatic carbocycles. The normalized spacial score (nSPS) is 9.92. The Morgan fingerprint density at radius 2 is 1.04 bits per heavy atom. The van der Waals surface area contributed by atoms with Crippen molar-refractivity contribution >= 4 is 58.0 Å². The average Bonchev–Trinajstić information content (AvgIpc) is 2.54. The van der Waals surface area contributed by atoms with Crippen LogP contribution in [0.25, 0.3) is 0 Å². The van der Waals surface area contributed by atoms with Crippen LogP contribution in [0.3, 0.4) is 0 Å². The highest BCUT2D eigenvalue weighted by molar-refractivity contribution is 6.37. The lowest BCUT2D eigenvalue weighted by atomic mass is 10.1. The molecule has 0 heterocycles. The summed E-state index contributed by atoms with van der Waals surface area (Å²) in [6, 6.07) is 9.78. The molecule has 0 spiro atoms. The summed E-state index contributed by atoms with van der Waals surface area (Å²) in [6.07, 6.45) is 0.919. The molecule has 0 saturated carbocycles. The highest BCUT2D eigenvalue weighted by Crippen LogP contribution is 2.22. The summed E-state index contributed by atoms with van der Waals surface area (Å²) in [5.74, 6) is 0.0772. The lowest BCUT2D eigenvalue weighted by Crippen LogP contribution is -1.96. The Bertz CT molecular complexity index is 678. The molecule has 0 aromatic heterocycles. The standard InChI is InChI=1S/2C9H8Cl2O/c2*1-2-9(12)7-4-3-6(10)5-8(7)11/h2*3-5H,2H2,1H3. The third kappa shape index (κ3) is 6.10. The number of halogens is 4. The van der Waals surface area contributed by atoms with Crippen molar-refractivity contribution in [3.63, 3.8) is 0 Å². The minimum absolute atomic E-state index is 0.0386. The van der Waals surface area contributed by atoms with Gasteiger partial charge in [0.15, 0.2) is 11.6 Å². The molecule has 0 bridgehead atoms. The largest absolute Gasteiger partial charge is 0.294 e. The highest BCUT2D eigenvalue weighted by Gasteiger charge is 2.08. The average molecular weight is 406 g/mol. The minimum Gasteiger partial charge on any atom is -0.294 e. The third-order valence-electron chi connectivity index (χ3n) is 3.11. The van der Waals surface area contributed by atoms with E-state index in [1.54, 1.807) is 50.2 Å². The van der Waals surface area contributed by atoms with Crippen LogP contribution in [0.5, 0.6) is 0 Å². The van der Waals surface area contributed by atoms with Gasteiger partial charge in [0.05, 0.1) is 10.0 Å². The number of hydrogen-bond acceptors (Lipinski definition) is 2. The van der Waals surface area contributed by atoms with Gasteiger partial charge in [0.1, 0.15) is 0 Å². The van der Waals surface area contributed by atoms with Crippen LogP contribution in [-0.2, 0) is 0 Å². The Morgan fingerprint density at radius 3 is 1.29 bits per heavy atom. The van der Waals surface area contributed by atoms with Gasteiger partial charge >= 0.3 is 0 Å². The van der Waals surface area contributed by atoms with Crippen LogP contribution in [-0.4, -0.2) is 11.6 Å². The number of benzene rings is 2. The van der Waals surface area contributed by atoms with E-state index in [-0.39, 0.29) is 11.6 Å². The van der Waals surface area contributed by atoms with Crippen LogP contribution < -0.4 is 0 Å². The molecule has 0 radical (unpaired) electrons. The van der Waals surface area contributed by atoms with Gasteiger partial charge in [0.2, 0.25) is 0 Å². The molecule has 2 nitrogen and oxygen atoms in total. The molecule has 6 heteroatoms. The van der Waals surface area contributed by atoms with E-state index in [9.17, 15) is 9.59 Å². The Balaban J connectivity index is 0.000000240. The maximum absolute atomic E-state index is 11.2. The number of carbonyl (C=O) groups excluding carboxylic acids is 2. The lowest BCUT2D eigenvalue weighted by Gasteiger charge is -2.00. The topological polar surface area (TPSA) is 34.1 Å². The van der Waals surface area contributed by atoms with Crippen molar-refractivity contribution in [2.24, 2.45) is 0 Å². The van der Waals surface area contributed by atoms with Gasteiger partial charge < -0.3 is 0 Å². The lowest BCUT2D eigenvalue weighted by molar-refractivity contribution is 0.0980. The molecule has 0 N–H and O–H groups in total. The quantitative estimate of drug-likeness (QED) is 0.505. The fourth-order valence-corrected chi connectivity index (χ4v) is 2.84. The summed E-state index contributed by atoms with van der Waals surface area (Å²) in [6.45, 7) is 3.60. The molecule has 0 aliphatic rings. The Hall–Kier alpha value is -1.06. The highest BCUT2D eigenvalue weighted by atomic mass is 35.5. The Kier molecular flexibility index (Phi) is 8.79. The van der Waals surface area contributed by atoms with Crippen LogP contribution in [0.1, 0.15) is 47.4 Å². The van der Waals surface area contributed by atoms with Crippen molar-refractivity contribution in [3.05, 3.63) is 67.6 Å². The van der Waals surface area contributed by atoms with Gasteiger partial charge in [-0.3, -0.25) is 9.59 Å². The van der Waals surface area contributed by atoms with Gasteiger partial charge in [-0.2, -0.15) is 0 Å². The summed E-state index contributed by atoms with van der Waals surface area (Å²) in [4.78, 5) is 22.4. The van der Waals surface area contributed by atoms with Gasteiger partial charge in [-0.05, 0) is 36.4 Å². The van der Waals surface area contributed by atoms with E-state index >= 15 is 0 Å². The molecule has 0 unspecified atom stereocenters. The first kappa shape index (κ1) is 21.0. The molecule has 2 aromatic rings. The van der Waals surface area contributed by atoms with Crippen molar-refractivity contribution in [1.29, 1.82) is 0 Å². The zero-order chi connectivity index (χ0) is 18.3. The molecular formula is C18H16Cl4O2. The molecule has 0 atom stereocenters. The van der Waals surface area contributed by atoms with Gasteiger partial charge in [0, 0.05) is 34.0 Å². The summed E-state index contributed by atoms with van der Waals surface area (Å²) < 4.78 is 0. The Morgan fingerprint density at radius 1 is 0.708 bits per heavy atom. The summed E-state index contributed by atoms with van der Waals surface area (Å²) in [5.41, 5.74) is 1.09. The van der Waals surface area contributed by atoms with E-state index < -0.39 is 0 Å². The number of hydrogen-bond donors (Lipinski definition) is 0. The van der Waals surface area contributed by atoms with E-state index in [1.165, 1.54) is 0 Å². The van der Waals surface area contributed by atoms with E-state index in [1.807, 2.05) is 0 Å². The van der Waals surface area contributed by atoms with Gasteiger partial charge in [-0.1, -0.05) is 60.3 Å². The van der Waals surface area contributed by atoms with E-state index in [2.05, 4.69) is 0 Å². The number of Topliss-reactive ketones (excluding diaryl/α,β-unsaturated/α-hetero) is 2. The van der Waals surface area contributed by atoms with Crippen LogP contribution >= 0.6 is 46.4 Å².